The van der Waals surface area contributed by atoms with Gasteiger partial charge in [0.15, 0.2) is 0 Å². The summed E-state index contributed by atoms with van der Waals surface area (Å²) in [5.74, 6) is 5.92. The molecule has 0 spiro atoms. The molecule has 1 rings (SSSR count). The lowest BCUT2D eigenvalue weighted by atomic mass is 10.1. The normalized spacial score (nSPS) is 8.89. The van der Waals surface area contributed by atoms with Crippen molar-refractivity contribution < 1.29 is 4.74 Å². The van der Waals surface area contributed by atoms with Crippen molar-refractivity contribution in [1.29, 1.82) is 0 Å². The molecule has 0 aliphatic heterocycles. The highest BCUT2D eigenvalue weighted by Gasteiger charge is 1.92. The molecule has 2 heteroatoms. The van der Waals surface area contributed by atoms with E-state index in [0.717, 1.165) is 31.7 Å². The molecule has 0 fully saturated rings. The van der Waals surface area contributed by atoms with Gasteiger partial charge in [0.2, 0.25) is 0 Å². The van der Waals surface area contributed by atoms with Crippen molar-refractivity contribution in [2.45, 2.75) is 33.7 Å². The van der Waals surface area contributed by atoms with Gasteiger partial charge < -0.3 is 10.1 Å². The van der Waals surface area contributed by atoms with E-state index in [2.05, 4.69) is 41.4 Å². The van der Waals surface area contributed by atoms with Crippen molar-refractivity contribution in [2.75, 3.05) is 20.3 Å². The zero-order valence-electron chi connectivity index (χ0n) is 12.0. The van der Waals surface area contributed by atoms with Gasteiger partial charge in [-0.25, -0.2) is 0 Å². The molecule has 1 N–H and O–H groups in total. The fraction of sp³-hybridized carbons (Fsp3) is 0.500. The molecule has 0 atom stereocenters. The molecule has 0 aliphatic carbocycles. The van der Waals surface area contributed by atoms with Crippen LogP contribution in [0, 0.1) is 11.8 Å². The van der Waals surface area contributed by atoms with Gasteiger partial charge in [0.05, 0.1) is 0 Å². The molecule has 1 aromatic carbocycles. The average Bonchev–Trinajstić information content (AvgIpc) is 2.43. The first kappa shape index (κ1) is 16.7. The predicted octanol–water partition coefficient (Wildman–Crippen LogP) is 3.21. The lowest BCUT2D eigenvalue weighted by Crippen LogP contribution is -2.15. The number of nitrogens with one attached hydrogen (secondary N) is 1. The maximum absolute atomic E-state index is 4.98. The highest BCUT2D eigenvalue weighted by molar-refractivity contribution is 5.35. The molecule has 0 saturated heterocycles. The zero-order chi connectivity index (χ0) is 13.6. The zero-order valence-corrected chi connectivity index (χ0v) is 12.0. The van der Waals surface area contributed by atoms with Crippen molar-refractivity contribution in [2.24, 2.45) is 0 Å². The Balaban J connectivity index is 0.00000137. The fourth-order valence-electron chi connectivity index (χ4n) is 1.42. The summed E-state index contributed by atoms with van der Waals surface area (Å²) in [5.41, 5.74) is 2.37. The first-order valence-electron chi connectivity index (χ1n) is 6.58. The van der Waals surface area contributed by atoms with Crippen molar-refractivity contribution in [3.8, 4) is 11.8 Å². The van der Waals surface area contributed by atoms with E-state index in [-0.39, 0.29) is 0 Å². The van der Waals surface area contributed by atoms with Gasteiger partial charge in [0.25, 0.3) is 0 Å². The minimum absolute atomic E-state index is 0.817. The number of methoxy groups -OCH3 is 1. The van der Waals surface area contributed by atoms with Crippen molar-refractivity contribution in [3.05, 3.63) is 35.4 Å². The Bertz CT molecular complexity index is 346. The van der Waals surface area contributed by atoms with Gasteiger partial charge in [-0.05, 0) is 37.6 Å². The van der Waals surface area contributed by atoms with Gasteiger partial charge in [0, 0.05) is 25.8 Å². The minimum Gasteiger partial charge on any atom is -0.385 e. The Kier molecular flexibility index (Phi) is 11.3. The topological polar surface area (TPSA) is 21.3 Å². The number of rotatable bonds is 6. The predicted molar refractivity (Wildman–Crippen MR) is 78.5 cm³/mol. The van der Waals surface area contributed by atoms with Crippen LogP contribution in [0.1, 0.15) is 38.3 Å². The Hall–Kier alpha value is -1.30. The largest absolute Gasteiger partial charge is 0.385 e. The summed E-state index contributed by atoms with van der Waals surface area (Å²) in [6.07, 6.45) is 1.05. The molecular weight excluding hydrogens is 222 g/mol. The molecule has 0 bridgehead atoms. The van der Waals surface area contributed by atoms with E-state index in [1.54, 1.807) is 7.11 Å². The highest BCUT2D eigenvalue weighted by atomic mass is 16.5. The molecule has 100 valence electrons. The quantitative estimate of drug-likeness (QED) is 0.615. The van der Waals surface area contributed by atoms with Gasteiger partial charge in [-0.2, -0.15) is 0 Å². The standard InChI is InChI=1S/C14H19NO.C2H6/c1-3-5-13-6-8-14(9-7-13)12-15-10-4-11-16-2;1-2/h6-9,15H,4,10-12H2,1-2H3;1-2H3. The summed E-state index contributed by atoms with van der Waals surface area (Å²) in [6, 6.07) is 8.34. The third-order valence-corrected chi connectivity index (χ3v) is 2.25. The Morgan fingerprint density at radius 3 is 2.39 bits per heavy atom. The van der Waals surface area contributed by atoms with Gasteiger partial charge in [-0.1, -0.05) is 31.9 Å². The van der Waals surface area contributed by atoms with Crippen LogP contribution in [-0.4, -0.2) is 20.3 Å². The molecule has 0 saturated carbocycles. The smallest absolute Gasteiger partial charge is 0.0474 e. The van der Waals surface area contributed by atoms with Gasteiger partial charge in [-0.3, -0.25) is 0 Å². The number of benzene rings is 1. The van der Waals surface area contributed by atoms with Crippen LogP contribution in [0.25, 0.3) is 0 Å². The third-order valence-electron chi connectivity index (χ3n) is 2.25. The van der Waals surface area contributed by atoms with E-state index in [1.807, 2.05) is 20.8 Å². The van der Waals surface area contributed by atoms with Crippen LogP contribution >= 0.6 is 0 Å². The van der Waals surface area contributed by atoms with Crippen LogP contribution in [0.2, 0.25) is 0 Å². The van der Waals surface area contributed by atoms with E-state index in [1.165, 1.54) is 5.56 Å². The summed E-state index contributed by atoms with van der Waals surface area (Å²) < 4.78 is 4.98. The first-order valence-corrected chi connectivity index (χ1v) is 6.58. The Morgan fingerprint density at radius 2 is 1.83 bits per heavy atom. The van der Waals surface area contributed by atoms with Crippen LogP contribution in [0.15, 0.2) is 24.3 Å². The van der Waals surface area contributed by atoms with Crippen molar-refractivity contribution >= 4 is 0 Å². The number of ether oxygens (including phenoxy) is 1. The maximum Gasteiger partial charge on any atom is 0.0474 e. The van der Waals surface area contributed by atoms with Crippen LogP contribution < -0.4 is 5.32 Å². The average molecular weight is 247 g/mol. The molecule has 1 aromatic rings. The second-order valence-corrected chi connectivity index (χ2v) is 3.60. The van der Waals surface area contributed by atoms with E-state index >= 15 is 0 Å². The molecule has 18 heavy (non-hydrogen) atoms. The summed E-state index contributed by atoms with van der Waals surface area (Å²) in [6.45, 7) is 8.57. The molecule has 0 radical (unpaired) electrons. The number of hydrogen-bond donors (Lipinski definition) is 1. The Labute approximate surface area is 112 Å². The molecule has 0 heterocycles. The van der Waals surface area contributed by atoms with Gasteiger partial charge in [-0.15, -0.1) is 5.92 Å². The van der Waals surface area contributed by atoms with Crippen molar-refractivity contribution in [1.82, 2.24) is 5.32 Å². The molecule has 0 aromatic heterocycles. The highest BCUT2D eigenvalue weighted by Crippen LogP contribution is 2.02. The van der Waals surface area contributed by atoms with Crippen LogP contribution in [0.5, 0.6) is 0 Å². The van der Waals surface area contributed by atoms with E-state index in [9.17, 15) is 0 Å². The fourth-order valence-corrected chi connectivity index (χ4v) is 1.42. The molecule has 0 aliphatic rings. The summed E-state index contributed by atoms with van der Waals surface area (Å²) in [5, 5.41) is 3.37. The van der Waals surface area contributed by atoms with Crippen molar-refractivity contribution in [3.63, 3.8) is 0 Å². The molecule has 0 amide bonds. The van der Waals surface area contributed by atoms with Gasteiger partial charge >= 0.3 is 0 Å². The second-order valence-electron chi connectivity index (χ2n) is 3.60. The summed E-state index contributed by atoms with van der Waals surface area (Å²) in [4.78, 5) is 0. The first-order chi connectivity index (χ1) is 8.86. The van der Waals surface area contributed by atoms with Crippen LogP contribution in [0.4, 0.5) is 0 Å². The summed E-state index contributed by atoms with van der Waals surface area (Å²) >= 11 is 0. The lowest BCUT2D eigenvalue weighted by Gasteiger charge is -2.04. The lowest BCUT2D eigenvalue weighted by molar-refractivity contribution is 0.194. The molecule has 2 nitrogen and oxygen atoms in total. The van der Waals surface area contributed by atoms with E-state index < -0.39 is 0 Å². The molecular formula is C16H25NO. The number of hydrogen-bond acceptors (Lipinski definition) is 2. The minimum atomic E-state index is 0.817. The molecule has 0 unspecified atom stereocenters. The SMILES string of the molecule is CC.CC#Cc1ccc(CNCCCOC)cc1. The summed E-state index contributed by atoms with van der Waals surface area (Å²) in [7, 11) is 1.73. The van der Waals surface area contributed by atoms with E-state index in [4.69, 9.17) is 4.74 Å². The maximum atomic E-state index is 4.98. The second kappa shape index (κ2) is 12.2. The Morgan fingerprint density at radius 1 is 1.17 bits per heavy atom. The van der Waals surface area contributed by atoms with Crippen LogP contribution in [-0.2, 0) is 11.3 Å². The van der Waals surface area contributed by atoms with E-state index in [0.29, 0.717) is 0 Å². The third kappa shape index (κ3) is 7.89. The van der Waals surface area contributed by atoms with Crippen LogP contribution in [0.3, 0.4) is 0 Å². The monoisotopic (exact) mass is 247 g/mol. The van der Waals surface area contributed by atoms with Gasteiger partial charge in [0.1, 0.15) is 0 Å².